The molecule has 1 saturated heterocycles. The molecule has 5 atom stereocenters. The second kappa shape index (κ2) is 14.4. The van der Waals surface area contributed by atoms with Crippen LogP contribution >= 0.6 is 0 Å². The molecule has 2 aliphatic carbocycles. The lowest BCUT2D eigenvalue weighted by Crippen LogP contribution is -2.58. The van der Waals surface area contributed by atoms with E-state index in [1.54, 1.807) is 0 Å². The lowest BCUT2D eigenvalue weighted by molar-refractivity contribution is -0.141. The largest absolute Gasteiger partial charge is 0.450 e. The number of allylic oxidation sites excluding steroid dienone is 1. The van der Waals surface area contributed by atoms with Gasteiger partial charge >= 0.3 is 6.09 Å². The van der Waals surface area contributed by atoms with Gasteiger partial charge in [0.15, 0.2) is 0 Å². The summed E-state index contributed by atoms with van der Waals surface area (Å²) in [5, 5.41) is 4.88. The van der Waals surface area contributed by atoms with Crippen LogP contribution in [0.4, 0.5) is 4.79 Å². The average molecular weight is 657 g/mol. The van der Waals surface area contributed by atoms with Gasteiger partial charge in [0, 0.05) is 18.9 Å². The number of hydrogen-bond donors (Lipinski definition) is 3. The molecule has 12 nitrogen and oxygen atoms in total. The Bertz CT molecular complexity index is 1480. The zero-order valence-corrected chi connectivity index (χ0v) is 27.1. The summed E-state index contributed by atoms with van der Waals surface area (Å²) in [6.07, 6.45) is 8.72. The zero-order chi connectivity index (χ0) is 32.9. The van der Waals surface area contributed by atoms with Crippen LogP contribution in [0.1, 0.15) is 75.8 Å². The van der Waals surface area contributed by atoms with Gasteiger partial charge in [-0.3, -0.25) is 19.1 Å². The molecule has 3 N–H and O–H groups in total. The first-order chi connectivity index (χ1) is 22.1. The third-order valence-electron chi connectivity index (χ3n) is 9.03. The van der Waals surface area contributed by atoms with Crippen molar-refractivity contribution in [1.82, 2.24) is 20.3 Å². The first-order valence-electron chi connectivity index (χ1n) is 16.2. The predicted octanol–water partition coefficient (Wildman–Crippen LogP) is 2.93. The molecule has 13 heteroatoms. The number of hydrogen-bond acceptors (Lipinski definition) is 8. The molecule has 2 aliphatic heterocycles. The lowest BCUT2D eigenvalue weighted by atomic mass is 10.1. The van der Waals surface area contributed by atoms with Crippen LogP contribution in [-0.4, -0.2) is 79.3 Å². The molecular weight excluding hydrogens is 612 g/mol. The zero-order valence-electron chi connectivity index (χ0n) is 26.2. The number of nitrogens with one attached hydrogen (secondary N) is 3. The van der Waals surface area contributed by atoms with E-state index >= 15 is 0 Å². The Morgan fingerprint density at radius 3 is 2.76 bits per heavy atom. The maximum absolute atomic E-state index is 14.0. The summed E-state index contributed by atoms with van der Waals surface area (Å²) in [4.78, 5) is 55.4. The Hall–Kier alpha value is -3.71. The van der Waals surface area contributed by atoms with E-state index in [1.165, 1.54) is 11.0 Å². The van der Waals surface area contributed by atoms with Crippen molar-refractivity contribution >= 4 is 39.9 Å². The molecule has 0 unspecified atom stereocenters. The quantitative estimate of drug-likeness (QED) is 0.342. The predicted molar refractivity (Wildman–Crippen MR) is 170 cm³/mol. The summed E-state index contributed by atoms with van der Waals surface area (Å²) in [7, 11) is -3.85. The highest BCUT2D eigenvalue weighted by molar-refractivity contribution is 7.91. The highest BCUT2D eigenvalue weighted by atomic mass is 32.2. The third-order valence-corrected chi connectivity index (χ3v) is 10.8. The number of fused-ring (bicyclic) bond motifs is 4. The van der Waals surface area contributed by atoms with Crippen molar-refractivity contribution < 1.29 is 37.1 Å². The van der Waals surface area contributed by atoms with Crippen LogP contribution in [-0.2, 0) is 40.5 Å². The number of ether oxygens (including phenoxy) is 2. The Morgan fingerprint density at radius 2 is 2.04 bits per heavy atom. The molecule has 1 aromatic rings. The molecule has 4 aliphatic rings. The van der Waals surface area contributed by atoms with Gasteiger partial charge in [-0.15, -0.1) is 6.58 Å². The minimum atomic E-state index is -3.85. The number of unbranched alkanes of at least 4 members (excludes halogenated alkanes) is 1. The second-order valence-electron chi connectivity index (χ2n) is 12.6. The van der Waals surface area contributed by atoms with Gasteiger partial charge in [-0.2, -0.15) is 0 Å². The smallest absolute Gasteiger partial charge is 0.407 e. The molecule has 250 valence electrons. The Balaban J connectivity index is 1.39. The number of amides is 4. The normalized spacial score (nSPS) is 29.4. The van der Waals surface area contributed by atoms with Gasteiger partial charge < -0.3 is 25.0 Å². The van der Waals surface area contributed by atoms with Gasteiger partial charge in [0.1, 0.15) is 17.6 Å². The van der Waals surface area contributed by atoms with Crippen LogP contribution in [0.25, 0.3) is 6.08 Å². The Morgan fingerprint density at radius 1 is 1.24 bits per heavy atom. The van der Waals surface area contributed by atoms with Crippen LogP contribution in [0.3, 0.4) is 0 Å². The van der Waals surface area contributed by atoms with Crippen molar-refractivity contribution in [2.75, 3.05) is 13.2 Å². The third kappa shape index (κ3) is 7.98. The van der Waals surface area contributed by atoms with E-state index in [-0.39, 0.29) is 32.6 Å². The summed E-state index contributed by atoms with van der Waals surface area (Å²) in [6.45, 7) is 6.26. The maximum atomic E-state index is 14.0. The molecule has 4 amide bonds. The molecule has 0 aromatic heterocycles. The molecule has 3 fully saturated rings. The van der Waals surface area contributed by atoms with Crippen LogP contribution < -0.4 is 15.4 Å². The van der Waals surface area contributed by atoms with E-state index < -0.39 is 68.7 Å². The monoisotopic (exact) mass is 656 g/mol. The number of alkyl carbamates (subject to hydrolysis) is 1. The van der Waals surface area contributed by atoms with Gasteiger partial charge in [-0.25, -0.2) is 13.2 Å². The van der Waals surface area contributed by atoms with Crippen LogP contribution in [0.15, 0.2) is 43.0 Å². The number of rotatable bonds is 9. The van der Waals surface area contributed by atoms with E-state index in [4.69, 9.17) is 9.47 Å². The van der Waals surface area contributed by atoms with E-state index in [0.717, 1.165) is 17.5 Å². The van der Waals surface area contributed by atoms with Gasteiger partial charge in [-0.1, -0.05) is 56.2 Å². The highest BCUT2D eigenvalue weighted by Crippen LogP contribution is 2.45. The summed E-state index contributed by atoms with van der Waals surface area (Å²) in [5.41, 5.74) is 0.441. The Labute approximate surface area is 270 Å². The van der Waals surface area contributed by atoms with Crippen molar-refractivity contribution in [3.05, 3.63) is 54.1 Å². The average Bonchev–Trinajstić information content (AvgIpc) is 3.96. The number of benzene rings is 1. The summed E-state index contributed by atoms with van der Waals surface area (Å²) >= 11 is 0. The summed E-state index contributed by atoms with van der Waals surface area (Å²) in [5.74, 6) is -2.33. The fraction of sp³-hybridized carbons (Fsp3) is 0.576. The van der Waals surface area contributed by atoms with Gasteiger partial charge in [-0.05, 0) is 55.7 Å². The molecule has 0 radical (unpaired) electrons. The summed E-state index contributed by atoms with van der Waals surface area (Å²) < 4.78 is 38.9. The molecule has 2 heterocycles. The molecule has 2 saturated carbocycles. The lowest BCUT2D eigenvalue weighted by Gasteiger charge is -2.29. The first kappa shape index (κ1) is 33.6. The van der Waals surface area contributed by atoms with E-state index in [9.17, 15) is 27.6 Å². The van der Waals surface area contributed by atoms with Crippen molar-refractivity contribution in [2.24, 2.45) is 5.92 Å². The number of nitrogens with zero attached hydrogens (tertiary/aromatic N) is 1. The molecule has 0 spiro atoms. The number of cyclic esters (lactones) is 1. The molecule has 46 heavy (non-hydrogen) atoms. The number of carbonyl (C=O) groups is 4. The second-order valence-corrected chi connectivity index (χ2v) is 14.6. The van der Waals surface area contributed by atoms with Crippen molar-refractivity contribution in [3.8, 4) is 0 Å². The fourth-order valence-electron chi connectivity index (χ4n) is 6.07. The van der Waals surface area contributed by atoms with Gasteiger partial charge in [0.25, 0.3) is 5.91 Å². The number of sulfonamides is 1. The van der Waals surface area contributed by atoms with Crippen LogP contribution in [0, 0.1) is 5.92 Å². The molecule has 4 bridgehead atoms. The SMILES string of the molecule is C=C[C@H]1C[C@@]1(NC(=O)[C@@H]1C[C@@H]2CN1C(=O)[C@H](CCCC)NC(=O)OCCC/C=C/c1cccc(c1)CO2)C(=O)NS(=O)(=O)C1CC1. The van der Waals surface area contributed by atoms with Crippen molar-refractivity contribution in [3.63, 3.8) is 0 Å². The van der Waals surface area contributed by atoms with Gasteiger partial charge in [0.2, 0.25) is 21.8 Å². The topological polar surface area (TPSA) is 160 Å². The standard InChI is InChI=1S/C33H44N4O8S/c1-3-5-13-27-30(39)37-20-25(45-21-23-12-9-11-22(17-23)10-7-6-8-16-44-32(41)34-27)18-28(37)29(38)35-33(19-24(33)4-2)31(40)36-46(42,43)26-14-15-26/h4,7,9-12,17,24-28H,2-3,5-6,8,13-16,18-21H2,1H3,(H,34,41)(H,35,38)(H,36,40)/b10-7+/t24-,25+,27-,28-,33-/m0/s1. The number of carbonyl (C=O) groups excluding carboxylic acids is 4. The van der Waals surface area contributed by atoms with Crippen molar-refractivity contribution in [1.29, 1.82) is 0 Å². The molecular formula is C33H44N4O8S. The minimum Gasteiger partial charge on any atom is -0.450 e. The highest BCUT2D eigenvalue weighted by Gasteiger charge is 2.62. The fourth-order valence-corrected chi connectivity index (χ4v) is 7.43. The van der Waals surface area contributed by atoms with Crippen molar-refractivity contribution in [2.45, 2.75) is 100 Å². The van der Waals surface area contributed by atoms with E-state index in [1.807, 2.05) is 43.3 Å². The maximum Gasteiger partial charge on any atom is 0.407 e. The van der Waals surface area contributed by atoms with Crippen LogP contribution in [0.2, 0.25) is 0 Å². The Kier molecular flexibility index (Phi) is 10.5. The first-order valence-corrected chi connectivity index (χ1v) is 17.7. The van der Waals surface area contributed by atoms with Gasteiger partial charge in [0.05, 0.1) is 24.6 Å². The van der Waals surface area contributed by atoms with E-state index in [0.29, 0.717) is 38.5 Å². The molecule has 1 aromatic carbocycles. The summed E-state index contributed by atoms with van der Waals surface area (Å²) in [6, 6.07) is 5.91. The molecule has 5 rings (SSSR count). The minimum absolute atomic E-state index is 0.0933. The van der Waals surface area contributed by atoms with E-state index in [2.05, 4.69) is 21.9 Å². The van der Waals surface area contributed by atoms with Crippen LogP contribution in [0.5, 0.6) is 0 Å².